The Kier molecular flexibility index (Phi) is 7.11. The first-order valence-corrected chi connectivity index (χ1v) is 16.2. The van der Waals surface area contributed by atoms with E-state index in [1.54, 1.807) is 19.1 Å². The molecule has 1 aromatic heterocycles. The molecule has 0 bridgehead atoms. The number of aromatic hydroxyl groups is 1. The fourth-order valence-electron chi connectivity index (χ4n) is 7.53. The lowest BCUT2D eigenvalue weighted by Gasteiger charge is -2.50. The van der Waals surface area contributed by atoms with Crippen molar-refractivity contribution in [2.45, 2.75) is 42.0 Å². The van der Waals surface area contributed by atoms with Crippen molar-refractivity contribution in [1.82, 2.24) is 4.90 Å². The smallest absolute Gasteiger partial charge is 0.258 e. The second-order valence-electron chi connectivity index (χ2n) is 11.8. The molecule has 4 aliphatic rings. The zero-order chi connectivity index (χ0) is 31.8. The molecule has 232 valence electrons. The number of phenols is 1. The molecule has 6 unspecified atom stereocenters. The van der Waals surface area contributed by atoms with E-state index in [0.717, 1.165) is 21.9 Å². The van der Waals surface area contributed by atoms with Crippen molar-refractivity contribution >= 4 is 63.9 Å². The number of likely N-dealkylation sites (tertiary alicyclic amines) is 1. The van der Waals surface area contributed by atoms with Gasteiger partial charge in [0, 0.05) is 10.8 Å². The summed E-state index contributed by atoms with van der Waals surface area (Å²) in [5.74, 6) is -5.98. The summed E-state index contributed by atoms with van der Waals surface area (Å²) in [6.45, 7) is 2.14. The standard InChI is InChI=1S/C33H27Cl2FN2O6S/c1-2-44-25-14-17(5-12-24(25)39)27-21-10-11-22-26(29(41)37(28(22)40)16-20-4-3-13-45-20)23(21)15-32(34)30(42)38(31(43)33(27,32)35)19-8-6-18(36)7-9-19/h3-10,12-14,22-23,26-27,39H,2,11,15-16H2,1H3. The van der Waals surface area contributed by atoms with E-state index in [9.17, 15) is 28.7 Å². The van der Waals surface area contributed by atoms with Crippen LogP contribution in [0.25, 0.3) is 0 Å². The van der Waals surface area contributed by atoms with Gasteiger partial charge in [-0.25, -0.2) is 9.29 Å². The molecule has 6 atom stereocenters. The lowest BCUT2D eigenvalue weighted by atomic mass is 9.56. The van der Waals surface area contributed by atoms with Crippen LogP contribution >= 0.6 is 34.5 Å². The molecule has 2 aliphatic heterocycles. The van der Waals surface area contributed by atoms with Crippen LogP contribution in [0.4, 0.5) is 10.1 Å². The number of nitrogens with zero attached hydrogens (tertiary/aromatic N) is 2. The van der Waals surface area contributed by atoms with E-state index >= 15 is 0 Å². The Balaban J connectivity index is 1.38. The second-order valence-corrected chi connectivity index (χ2v) is 14.0. The molecule has 3 fully saturated rings. The quantitative estimate of drug-likeness (QED) is 0.204. The molecule has 2 aromatic carbocycles. The number of carbonyl (C=O) groups excluding carboxylic acids is 4. The van der Waals surface area contributed by atoms with Gasteiger partial charge in [-0.1, -0.05) is 23.8 Å². The molecule has 45 heavy (non-hydrogen) atoms. The Morgan fingerprint density at radius 1 is 1.02 bits per heavy atom. The maximum absolute atomic E-state index is 14.4. The summed E-state index contributed by atoms with van der Waals surface area (Å²) >= 11 is 16.2. The highest BCUT2D eigenvalue weighted by Crippen LogP contribution is 2.66. The number of carbonyl (C=O) groups is 4. The number of thiophene rings is 1. The van der Waals surface area contributed by atoms with Gasteiger partial charge in [0.2, 0.25) is 11.8 Å². The van der Waals surface area contributed by atoms with E-state index in [4.69, 9.17) is 27.9 Å². The minimum atomic E-state index is -2.07. The third-order valence-corrected chi connectivity index (χ3v) is 11.8. The van der Waals surface area contributed by atoms with Crippen LogP contribution in [0.2, 0.25) is 0 Å². The highest BCUT2D eigenvalue weighted by atomic mass is 35.5. The third kappa shape index (κ3) is 4.22. The number of phenolic OH excluding ortho intramolecular Hbond substituents is 1. The van der Waals surface area contributed by atoms with Crippen molar-refractivity contribution in [1.29, 1.82) is 0 Å². The largest absolute Gasteiger partial charge is 0.504 e. The topological polar surface area (TPSA) is 104 Å². The molecule has 3 heterocycles. The zero-order valence-corrected chi connectivity index (χ0v) is 26.2. The van der Waals surface area contributed by atoms with Crippen molar-refractivity contribution in [3.05, 3.63) is 87.9 Å². The fourth-order valence-corrected chi connectivity index (χ4v) is 9.16. The molecule has 0 radical (unpaired) electrons. The number of hydrogen-bond donors (Lipinski definition) is 1. The van der Waals surface area contributed by atoms with E-state index in [1.165, 1.54) is 34.4 Å². The van der Waals surface area contributed by atoms with Gasteiger partial charge in [-0.2, -0.15) is 0 Å². The first-order chi connectivity index (χ1) is 21.5. The van der Waals surface area contributed by atoms with Gasteiger partial charge in [0.15, 0.2) is 21.2 Å². The van der Waals surface area contributed by atoms with Crippen LogP contribution in [-0.4, -0.2) is 50.0 Å². The van der Waals surface area contributed by atoms with Crippen LogP contribution in [0.5, 0.6) is 11.5 Å². The van der Waals surface area contributed by atoms with Crippen LogP contribution < -0.4 is 9.64 Å². The number of amides is 4. The molecular weight excluding hydrogens is 642 g/mol. The highest BCUT2D eigenvalue weighted by molar-refractivity contribution is 7.09. The summed E-state index contributed by atoms with van der Waals surface area (Å²) in [5, 5.41) is 12.4. The summed E-state index contributed by atoms with van der Waals surface area (Å²) in [7, 11) is 0. The van der Waals surface area contributed by atoms with Gasteiger partial charge in [0.25, 0.3) is 11.8 Å². The highest BCUT2D eigenvalue weighted by Gasteiger charge is 2.76. The molecule has 2 saturated heterocycles. The second kappa shape index (κ2) is 10.7. The lowest BCUT2D eigenvalue weighted by molar-refractivity contribution is -0.141. The first-order valence-electron chi connectivity index (χ1n) is 14.6. The van der Waals surface area contributed by atoms with Crippen molar-refractivity contribution in [3.63, 3.8) is 0 Å². The Morgan fingerprint density at radius 2 is 1.78 bits per heavy atom. The number of allylic oxidation sites excluding steroid dienone is 2. The third-order valence-electron chi connectivity index (χ3n) is 9.50. The van der Waals surface area contributed by atoms with Gasteiger partial charge in [0.1, 0.15) is 5.82 Å². The first kappa shape index (κ1) is 30.0. The molecule has 0 spiro atoms. The maximum Gasteiger partial charge on any atom is 0.258 e. The summed E-state index contributed by atoms with van der Waals surface area (Å²) in [5.41, 5.74) is 1.17. The van der Waals surface area contributed by atoms with Crippen molar-refractivity contribution in [3.8, 4) is 11.5 Å². The van der Waals surface area contributed by atoms with E-state index in [2.05, 4.69) is 0 Å². The monoisotopic (exact) mass is 668 g/mol. The fraction of sp³-hybridized carbons (Fsp3) is 0.333. The van der Waals surface area contributed by atoms with Gasteiger partial charge in [-0.3, -0.25) is 24.1 Å². The Hall–Kier alpha value is -3.73. The lowest BCUT2D eigenvalue weighted by Crippen LogP contribution is -2.60. The number of fused-ring (bicyclic) bond motifs is 4. The van der Waals surface area contributed by atoms with Crippen molar-refractivity contribution < 1.29 is 33.4 Å². The van der Waals surface area contributed by atoms with E-state index in [-0.39, 0.29) is 55.0 Å². The van der Waals surface area contributed by atoms with E-state index < -0.39 is 51.1 Å². The molecule has 12 heteroatoms. The molecule has 3 aromatic rings. The summed E-state index contributed by atoms with van der Waals surface area (Å²) < 4.78 is 19.5. The number of imide groups is 2. The Bertz CT molecular complexity index is 1780. The predicted octanol–water partition coefficient (Wildman–Crippen LogP) is 5.76. The molecule has 4 amide bonds. The summed E-state index contributed by atoms with van der Waals surface area (Å²) in [6.07, 6.45) is 1.91. The SMILES string of the molecule is CCOc1cc(C2C3=CCC4C(=O)N(Cc5cccs5)C(=O)C4C3CC3(Cl)C(=O)N(c4ccc(F)cc4)C(=O)C23Cl)ccc1O. The average molecular weight is 670 g/mol. The van der Waals surface area contributed by atoms with Crippen LogP contribution in [0.3, 0.4) is 0 Å². The van der Waals surface area contributed by atoms with E-state index in [1.807, 2.05) is 23.6 Å². The van der Waals surface area contributed by atoms with Crippen LogP contribution in [0.15, 0.2) is 71.6 Å². The van der Waals surface area contributed by atoms with Gasteiger partial charge in [-0.05, 0) is 79.1 Å². The van der Waals surface area contributed by atoms with Gasteiger partial charge in [0.05, 0.1) is 30.7 Å². The van der Waals surface area contributed by atoms with Gasteiger partial charge >= 0.3 is 0 Å². The van der Waals surface area contributed by atoms with Crippen molar-refractivity contribution in [2.75, 3.05) is 11.5 Å². The predicted molar refractivity (Wildman–Crippen MR) is 166 cm³/mol. The Morgan fingerprint density at radius 3 is 2.47 bits per heavy atom. The zero-order valence-electron chi connectivity index (χ0n) is 23.9. The normalized spacial score (nSPS) is 30.7. The Labute approximate surface area is 272 Å². The summed E-state index contributed by atoms with van der Waals surface area (Å²) in [6, 6.07) is 13.1. The van der Waals surface area contributed by atoms with Crippen LogP contribution in [-0.2, 0) is 25.7 Å². The molecule has 1 saturated carbocycles. The van der Waals surface area contributed by atoms with Gasteiger partial charge < -0.3 is 9.84 Å². The molecule has 2 aliphatic carbocycles. The number of hydrogen-bond acceptors (Lipinski definition) is 7. The number of alkyl halides is 2. The minimum absolute atomic E-state index is 0.101. The molecule has 8 nitrogen and oxygen atoms in total. The number of ether oxygens (including phenoxy) is 1. The van der Waals surface area contributed by atoms with Crippen LogP contribution in [0, 0.1) is 23.6 Å². The number of rotatable bonds is 6. The number of benzene rings is 2. The molecule has 1 N–H and O–H groups in total. The molecular formula is C33H27Cl2FN2O6S. The van der Waals surface area contributed by atoms with Crippen LogP contribution in [0.1, 0.15) is 36.1 Å². The average Bonchev–Trinajstić information content (AvgIpc) is 3.66. The van der Waals surface area contributed by atoms with Gasteiger partial charge in [-0.15, -0.1) is 34.5 Å². The number of halogens is 3. The van der Waals surface area contributed by atoms with E-state index in [0.29, 0.717) is 11.1 Å². The summed E-state index contributed by atoms with van der Waals surface area (Å²) in [4.78, 5) is 55.3. The minimum Gasteiger partial charge on any atom is -0.504 e. The van der Waals surface area contributed by atoms with Crippen molar-refractivity contribution in [2.24, 2.45) is 17.8 Å². The number of anilines is 1. The molecule has 7 rings (SSSR count). The maximum atomic E-state index is 14.4.